The number of carboxylic acids is 1. The van der Waals surface area contributed by atoms with E-state index in [4.69, 9.17) is 10.5 Å². The monoisotopic (exact) mass is 401 g/mol. The summed E-state index contributed by atoms with van der Waals surface area (Å²) in [6.07, 6.45) is 0.117. The van der Waals surface area contributed by atoms with Crippen LogP contribution in [0.3, 0.4) is 0 Å². The summed E-state index contributed by atoms with van der Waals surface area (Å²) in [5.74, 6) is -0.0355. The molecule has 1 unspecified atom stereocenters. The molecule has 1 aliphatic rings. The molecular weight excluding hydrogens is 379 g/mol. The number of aliphatic carboxylic acids is 1. The van der Waals surface area contributed by atoms with Crippen molar-refractivity contribution in [3.63, 3.8) is 0 Å². The van der Waals surface area contributed by atoms with Crippen molar-refractivity contribution >= 4 is 33.8 Å². The second-order valence-corrected chi connectivity index (χ2v) is 8.84. The summed E-state index contributed by atoms with van der Waals surface area (Å²) < 4.78 is 21.9. The minimum atomic E-state index is -1.66. The van der Waals surface area contributed by atoms with Crippen molar-refractivity contribution < 1.29 is 29.9 Å². The van der Waals surface area contributed by atoms with Gasteiger partial charge in [0.05, 0.1) is 18.6 Å². The van der Waals surface area contributed by atoms with E-state index in [2.05, 4.69) is 20.7 Å². The standard InChI is InChI=1S/C15H21FN6O4S/c1-27(3-2-7(17)15(24)25)4-8-11(23)9(16)14(26-8)22-6-21-10-12(18)19-5-20-13(10)22/h5-9,11,14,23H,2-4,17H2,1H3,(H2-,18,19,20,24,25)/p+1/t7-,8+,9+,11+,14+,27?/m0/s1. The Morgan fingerprint density at radius 2 is 2.30 bits per heavy atom. The lowest BCUT2D eigenvalue weighted by Gasteiger charge is -2.15. The summed E-state index contributed by atoms with van der Waals surface area (Å²) in [4.78, 5) is 22.7. The largest absolute Gasteiger partial charge is 0.544 e. The number of aromatic nitrogens is 4. The van der Waals surface area contributed by atoms with Crippen molar-refractivity contribution in [2.45, 2.75) is 37.1 Å². The highest BCUT2D eigenvalue weighted by molar-refractivity contribution is 7.96. The van der Waals surface area contributed by atoms with Crippen LogP contribution in [0, 0.1) is 0 Å². The minimum absolute atomic E-state index is 0.176. The van der Waals surface area contributed by atoms with Crippen LogP contribution in [0.25, 0.3) is 11.2 Å². The number of hydrogen-bond donors (Lipinski definition) is 3. The van der Waals surface area contributed by atoms with E-state index in [9.17, 15) is 19.4 Å². The second-order valence-electron chi connectivity index (χ2n) is 6.54. The number of fused-ring (bicyclic) bond motifs is 1. The van der Waals surface area contributed by atoms with Crippen LogP contribution in [0.4, 0.5) is 10.2 Å². The number of hydrogen-bond acceptors (Lipinski definition) is 8. The van der Waals surface area contributed by atoms with Gasteiger partial charge >= 0.3 is 0 Å². The number of quaternary nitrogens is 1. The molecule has 10 nitrogen and oxygen atoms in total. The molecule has 0 saturated carbocycles. The normalized spacial score (nSPS) is 27.7. The number of nitrogens with zero attached hydrogens (tertiary/aromatic N) is 4. The van der Waals surface area contributed by atoms with E-state index in [1.807, 2.05) is 6.26 Å². The van der Waals surface area contributed by atoms with E-state index >= 15 is 0 Å². The Morgan fingerprint density at radius 1 is 1.56 bits per heavy atom. The first kappa shape index (κ1) is 19.7. The highest BCUT2D eigenvalue weighted by Crippen LogP contribution is 2.34. The number of halogens is 1. The number of alkyl halides is 1. The van der Waals surface area contributed by atoms with Crippen LogP contribution in [0.1, 0.15) is 12.6 Å². The van der Waals surface area contributed by atoms with E-state index in [-0.39, 0.29) is 16.7 Å². The van der Waals surface area contributed by atoms with Crippen molar-refractivity contribution in [2.75, 3.05) is 23.5 Å². The fourth-order valence-electron chi connectivity index (χ4n) is 2.95. The maximum atomic E-state index is 14.7. The quantitative estimate of drug-likeness (QED) is 0.413. The molecule has 148 valence electrons. The minimum Gasteiger partial charge on any atom is -0.544 e. The number of aliphatic hydroxyl groups is 1. The Kier molecular flexibility index (Phi) is 5.79. The molecular formula is C15H22FN6O4S+. The molecule has 1 fully saturated rings. The molecule has 0 radical (unpaired) electrons. The lowest BCUT2D eigenvalue weighted by Crippen LogP contribution is -2.68. The Morgan fingerprint density at radius 3 is 3.00 bits per heavy atom. The van der Waals surface area contributed by atoms with E-state index in [0.29, 0.717) is 29.1 Å². The lowest BCUT2D eigenvalue weighted by atomic mass is 10.2. The summed E-state index contributed by atoms with van der Waals surface area (Å²) in [5, 5.41) is 21.0. The summed E-state index contributed by atoms with van der Waals surface area (Å²) in [6.45, 7) is 0. The van der Waals surface area contributed by atoms with Gasteiger partial charge in [-0.25, -0.2) is 19.3 Å². The van der Waals surface area contributed by atoms with Crippen molar-refractivity contribution in [1.29, 1.82) is 0 Å². The zero-order chi connectivity index (χ0) is 19.7. The van der Waals surface area contributed by atoms with Gasteiger partial charge in [-0.2, -0.15) is 0 Å². The smallest absolute Gasteiger partial charge is 0.174 e. The Bertz CT molecular complexity index is 823. The number of anilines is 1. The maximum absolute atomic E-state index is 14.7. The van der Waals surface area contributed by atoms with Gasteiger partial charge in [-0.1, -0.05) is 0 Å². The predicted molar refractivity (Wildman–Crippen MR) is 93.9 cm³/mol. The molecule has 1 aliphatic heterocycles. The van der Waals surface area contributed by atoms with Crippen LogP contribution in [0.15, 0.2) is 12.7 Å². The number of imidazole rings is 1. The Labute approximate surface area is 157 Å². The highest BCUT2D eigenvalue weighted by Gasteiger charge is 2.48. The molecule has 27 heavy (non-hydrogen) atoms. The first-order valence-electron chi connectivity index (χ1n) is 8.33. The molecule has 2 aromatic heterocycles. The van der Waals surface area contributed by atoms with Crippen LogP contribution in [0.5, 0.6) is 0 Å². The van der Waals surface area contributed by atoms with Gasteiger partial charge in [0.15, 0.2) is 23.9 Å². The van der Waals surface area contributed by atoms with E-state index < -0.39 is 36.6 Å². The number of nitrogen functional groups attached to an aromatic ring is 1. The number of nitrogens with two attached hydrogens (primary N) is 1. The maximum Gasteiger partial charge on any atom is 0.174 e. The summed E-state index contributed by atoms with van der Waals surface area (Å²) >= 11 is 0. The van der Waals surface area contributed by atoms with Gasteiger partial charge < -0.3 is 31.2 Å². The van der Waals surface area contributed by atoms with Crippen LogP contribution in [-0.4, -0.2) is 72.8 Å². The number of carbonyl (C=O) groups excluding carboxylic acids is 1. The van der Waals surface area contributed by atoms with Gasteiger partial charge in [0.2, 0.25) is 0 Å². The number of carbonyl (C=O) groups is 1. The van der Waals surface area contributed by atoms with Gasteiger partial charge in [-0.05, 0) is 10.9 Å². The molecule has 0 aliphatic carbocycles. The fourth-order valence-corrected chi connectivity index (χ4v) is 4.64. The molecule has 12 heteroatoms. The number of rotatable bonds is 7. The average molecular weight is 401 g/mol. The Balaban J connectivity index is 1.68. The third-order valence-electron chi connectivity index (χ3n) is 4.55. The number of aliphatic hydroxyl groups excluding tert-OH is 1. The third kappa shape index (κ3) is 3.98. The molecule has 1 saturated heterocycles. The second kappa shape index (κ2) is 7.92. The highest BCUT2D eigenvalue weighted by atomic mass is 32.2. The summed E-state index contributed by atoms with van der Waals surface area (Å²) in [6, 6.07) is -0.793. The van der Waals surface area contributed by atoms with Gasteiger partial charge in [0, 0.05) is 6.42 Å². The van der Waals surface area contributed by atoms with E-state index in [0.717, 1.165) is 0 Å². The first-order valence-corrected chi connectivity index (χ1v) is 10.3. The topological polar surface area (TPSA) is 167 Å². The zero-order valence-electron chi connectivity index (χ0n) is 14.7. The molecule has 0 bridgehead atoms. The first-order chi connectivity index (χ1) is 12.8. The molecule has 0 aromatic carbocycles. The van der Waals surface area contributed by atoms with E-state index in [1.165, 1.54) is 17.2 Å². The van der Waals surface area contributed by atoms with E-state index in [1.54, 1.807) is 0 Å². The van der Waals surface area contributed by atoms with Crippen LogP contribution in [0.2, 0.25) is 0 Å². The van der Waals surface area contributed by atoms with Gasteiger partial charge in [-0.3, -0.25) is 4.57 Å². The molecule has 6 atom stereocenters. The SMILES string of the molecule is C[S+](CC[C@H]([NH3+])C(=O)[O-])C[C@H]1O[C@@H](n2cnc3c(N)ncnc32)[C@H](F)[C@@H]1O. The molecule has 3 rings (SSSR count). The third-order valence-corrected chi connectivity index (χ3v) is 6.38. The van der Waals surface area contributed by atoms with Crippen LogP contribution >= 0.6 is 0 Å². The summed E-state index contributed by atoms with van der Waals surface area (Å²) in [7, 11) is -0.278. The lowest BCUT2D eigenvalue weighted by molar-refractivity contribution is -0.437. The van der Waals surface area contributed by atoms with Gasteiger partial charge in [0.1, 0.15) is 41.6 Å². The molecule has 6 N–H and O–H groups in total. The van der Waals surface area contributed by atoms with Crippen LogP contribution in [-0.2, 0) is 20.4 Å². The van der Waals surface area contributed by atoms with Crippen molar-refractivity contribution in [2.24, 2.45) is 0 Å². The van der Waals surface area contributed by atoms with Crippen molar-refractivity contribution in [1.82, 2.24) is 19.5 Å². The van der Waals surface area contributed by atoms with Gasteiger partial charge in [0.25, 0.3) is 0 Å². The van der Waals surface area contributed by atoms with Crippen molar-refractivity contribution in [3.8, 4) is 0 Å². The fraction of sp³-hybridized carbons (Fsp3) is 0.600. The van der Waals surface area contributed by atoms with Gasteiger partial charge in [-0.15, -0.1) is 0 Å². The Hall–Kier alpha value is -2.02. The molecule has 0 amide bonds. The van der Waals surface area contributed by atoms with Crippen LogP contribution < -0.4 is 16.6 Å². The zero-order valence-corrected chi connectivity index (χ0v) is 15.5. The average Bonchev–Trinajstić information content (AvgIpc) is 3.17. The molecule has 3 heterocycles. The summed E-state index contributed by atoms with van der Waals surface area (Å²) in [5.41, 5.74) is 9.93. The molecule has 2 aromatic rings. The number of carboxylic acid groups (broad SMARTS) is 1. The predicted octanol–water partition coefficient (Wildman–Crippen LogP) is -3.00. The molecule has 0 spiro atoms. The number of ether oxygens (including phenoxy) is 1. The van der Waals surface area contributed by atoms with Crippen molar-refractivity contribution in [3.05, 3.63) is 12.7 Å².